The number of piperazine rings is 1. The molecule has 2 heterocycles. The predicted octanol–water partition coefficient (Wildman–Crippen LogP) is 0.847. The van der Waals surface area contributed by atoms with Crippen LogP contribution < -0.4 is 5.73 Å². The number of likely N-dealkylation sites (N-methyl/N-ethyl adjacent to an activating group) is 1. The lowest BCUT2D eigenvalue weighted by atomic mass is 10.1. The average molecular weight is 280 g/mol. The van der Waals surface area contributed by atoms with E-state index in [0.29, 0.717) is 0 Å². The monoisotopic (exact) mass is 280 g/mol. The summed E-state index contributed by atoms with van der Waals surface area (Å²) in [6.45, 7) is 8.65. The van der Waals surface area contributed by atoms with E-state index in [9.17, 15) is 0 Å². The molecule has 2 rings (SSSR count). The summed E-state index contributed by atoms with van der Waals surface area (Å²) in [6, 6.07) is 4.25. The third-order valence-corrected chi connectivity index (χ3v) is 4.00. The van der Waals surface area contributed by atoms with Crippen molar-refractivity contribution < 1.29 is 4.42 Å². The summed E-state index contributed by atoms with van der Waals surface area (Å²) in [5.74, 6) is 0.988. The van der Waals surface area contributed by atoms with Gasteiger partial charge in [-0.3, -0.25) is 9.80 Å². The summed E-state index contributed by atoms with van der Waals surface area (Å²) in [5, 5.41) is 0. The Kier molecular flexibility index (Phi) is 5.60. The molecule has 0 bridgehead atoms. The number of nitrogens with two attached hydrogens (primary N) is 1. The van der Waals surface area contributed by atoms with Crippen LogP contribution in [0.4, 0.5) is 0 Å². The Morgan fingerprint density at radius 1 is 1.30 bits per heavy atom. The summed E-state index contributed by atoms with van der Waals surface area (Å²) < 4.78 is 5.57. The maximum Gasteiger partial charge on any atom is 0.122 e. The van der Waals surface area contributed by atoms with Gasteiger partial charge in [-0.15, -0.1) is 0 Å². The van der Waals surface area contributed by atoms with Crippen molar-refractivity contribution in [3.05, 3.63) is 24.2 Å². The van der Waals surface area contributed by atoms with Gasteiger partial charge in [-0.2, -0.15) is 0 Å². The van der Waals surface area contributed by atoms with E-state index in [1.54, 1.807) is 6.26 Å². The highest BCUT2D eigenvalue weighted by Gasteiger charge is 2.29. The second-order valence-corrected chi connectivity index (χ2v) is 6.00. The first kappa shape index (κ1) is 15.5. The smallest absolute Gasteiger partial charge is 0.122 e. The van der Waals surface area contributed by atoms with E-state index in [0.717, 1.165) is 45.0 Å². The summed E-state index contributed by atoms with van der Waals surface area (Å²) in [4.78, 5) is 7.21. The first-order chi connectivity index (χ1) is 9.58. The fourth-order valence-electron chi connectivity index (χ4n) is 2.84. The number of nitrogens with zero attached hydrogens (tertiary/aromatic N) is 3. The summed E-state index contributed by atoms with van der Waals surface area (Å²) in [5.41, 5.74) is 6.17. The van der Waals surface area contributed by atoms with E-state index in [4.69, 9.17) is 10.2 Å². The Morgan fingerprint density at radius 2 is 2.00 bits per heavy atom. The molecule has 0 spiro atoms. The van der Waals surface area contributed by atoms with Gasteiger partial charge < -0.3 is 15.1 Å². The molecular formula is C15H28N4O. The zero-order valence-electron chi connectivity index (χ0n) is 13.0. The van der Waals surface area contributed by atoms with E-state index in [-0.39, 0.29) is 12.1 Å². The standard InChI is InChI=1S/C15H28N4O/c1-13(16)15(14-5-4-12-20-14)19-10-8-18(9-11-19)7-6-17(2)3/h4-5,12-13,15H,6-11,16H2,1-3H3. The lowest BCUT2D eigenvalue weighted by Crippen LogP contribution is -2.51. The molecule has 1 aliphatic heterocycles. The van der Waals surface area contributed by atoms with Crippen LogP contribution in [0, 0.1) is 0 Å². The first-order valence-corrected chi connectivity index (χ1v) is 7.48. The van der Waals surface area contributed by atoms with Gasteiger partial charge in [0, 0.05) is 45.3 Å². The Labute approximate surface area is 122 Å². The number of hydrogen-bond donors (Lipinski definition) is 1. The maximum atomic E-state index is 6.17. The third-order valence-electron chi connectivity index (χ3n) is 4.00. The quantitative estimate of drug-likeness (QED) is 0.837. The molecule has 0 radical (unpaired) electrons. The molecule has 1 saturated heterocycles. The first-order valence-electron chi connectivity index (χ1n) is 7.48. The number of hydrogen-bond acceptors (Lipinski definition) is 5. The molecule has 0 amide bonds. The summed E-state index contributed by atoms with van der Waals surface area (Å²) in [6.07, 6.45) is 1.73. The van der Waals surface area contributed by atoms with Crippen LogP contribution >= 0.6 is 0 Å². The van der Waals surface area contributed by atoms with Crippen LogP contribution in [0.15, 0.2) is 22.8 Å². The third kappa shape index (κ3) is 4.06. The molecule has 1 aromatic heterocycles. The highest BCUT2D eigenvalue weighted by molar-refractivity contribution is 5.07. The zero-order valence-corrected chi connectivity index (χ0v) is 13.0. The molecule has 2 unspecified atom stereocenters. The Bertz CT molecular complexity index is 369. The van der Waals surface area contributed by atoms with Gasteiger partial charge in [-0.05, 0) is 33.2 Å². The van der Waals surface area contributed by atoms with E-state index < -0.39 is 0 Å². The molecule has 1 aromatic rings. The Balaban J connectivity index is 1.88. The van der Waals surface area contributed by atoms with Crippen molar-refractivity contribution in [2.45, 2.75) is 19.0 Å². The van der Waals surface area contributed by atoms with Gasteiger partial charge in [0.2, 0.25) is 0 Å². The van der Waals surface area contributed by atoms with Crippen molar-refractivity contribution in [1.29, 1.82) is 0 Å². The molecule has 2 N–H and O–H groups in total. The second kappa shape index (κ2) is 7.22. The molecule has 20 heavy (non-hydrogen) atoms. The lowest BCUT2D eigenvalue weighted by molar-refractivity contribution is 0.0739. The minimum Gasteiger partial charge on any atom is -0.468 e. The normalized spacial score (nSPS) is 21.2. The van der Waals surface area contributed by atoms with Crippen molar-refractivity contribution in [3.8, 4) is 0 Å². The lowest BCUT2D eigenvalue weighted by Gasteiger charge is -2.40. The van der Waals surface area contributed by atoms with Gasteiger partial charge in [-0.1, -0.05) is 0 Å². The fraction of sp³-hybridized carbons (Fsp3) is 0.733. The molecule has 0 aromatic carbocycles. The summed E-state index contributed by atoms with van der Waals surface area (Å²) >= 11 is 0. The van der Waals surface area contributed by atoms with Gasteiger partial charge in [0.15, 0.2) is 0 Å². The minimum atomic E-state index is 0.0782. The van der Waals surface area contributed by atoms with Gasteiger partial charge in [-0.25, -0.2) is 0 Å². The molecule has 1 aliphatic rings. The zero-order chi connectivity index (χ0) is 14.5. The Morgan fingerprint density at radius 3 is 2.50 bits per heavy atom. The van der Waals surface area contributed by atoms with Crippen LogP contribution in [-0.2, 0) is 0 Å². The predicted molar refractivity (Wildman–Crippen MR) is 81.7 cm³/mol. The van der Waals surface area contributed by atoms with Gasteiger partial charge in [0.25, 0.3) is 0 Å². The topological polar surface area (TPSA) is 48.9 Å². The highest BCUT2D eigenvalue weighted by atomic mass is 16.3. The summed E-state index contributed by atoms with van der Waals surface area (Å²) in [7, 11) is 4.25. The van der Waals surface area contributed by atoms with E-state index in [1.807, 2.05) is 12.1 Å². The van der Waals surface area contributed by atoms with Crippen molar-refractivity contribution in [2.75, 3.05) is 53.4 Å². The van der Waals surface area contributed by atoms with Gasteiger partial charge in [0.1, 0.15) is 5.76 Å². The van der Waals surface area contributed by atoms with Crippen LogP contribution in [0.1, 0.15) is 18.7 Å². The SMILES string of the molecule is CC(N)C(c1ccco1)N1CCN(CCN(C)C)CC1. The van der Waals surface area contributed by atoms with Crippen LogP contribution in [0.5, 0.6) is 0 Å². The second-order valence-electron chi connectivity index (χ2n) is 6.00. The van der Waals surface area contributed by atoms with E-state index in [1.165, 1.54) is 0 Å². The molecule has 5 nitrogen and oxygen atoms in total. The average Bonchev–Trinajstić information content (AvgIpc) is 2.91. The van der Waals surface area contributed by atoms with Crippen LogP contribution in [-0.4, -0.2) is 74.1 Å². The largest absolute Gasteiger partial charge is 0.468 e. The fourth-order valence-corrected chi connectivity index (χ4v) is 2.84. The van der Waals surface area contributed by atoms with Crippen molar-refractivity contribution in [2.24, 2.45) is 5.73 Å². The highest BCUT2D eigenvalue weighted by Crippen LogP contribution is 2.25. The van der Waals surface area contributed by atoms with Crippen molar-refractivity contribution >= 4 is 0 Å². The Hall–Kier alpha value is -0.880. The van der Waals surface area contributed by atoms with E-state index in [2.05, 4.69) is 35.7 Å². The van der Waals surface area contributed by atoms with Gasteiger partial charge in [0.05, 0.1) is 12.3 Å². The number of rotatable bonds is 6. The van der Waals surface area contributed by atoms with Crippen molar-refractivity contribution in [1.82, 2.24) is 14.7 Å². The molecule has 5 heteroatoms. The van der Waals surface area contributed by atoms with Gasteiger partial charge >= 0.3 is 0 Å². The minimum absolute atomic E-state index is 0.0782. The van der Waals surface area contributed by atoms with E-state index >= 15 is 0 Å². The van der Waals surface area contributed by atoms with Crippen LogP contribution in [0.3, 0.4) is 0 Å². The molecule has 0 saturated carbocycles. The molecule has 0 aliphatic carbocycles. The molecule has 1 fully saturated rings. The molecule has 2 atom stereocenters. The van der Waals surface area contributed by atoms with Crippen LogP contribution in [0.25, 0.3) is 0 Å². The molecule has 114 valence electrons. The number of furan rings is 1. The molecular weight excluding hydrogens is 252 g/mol. The maximum absolute atomic E-state index is 6.17. The van der Waals surface area contributed by atoms with Crippen LogP contribution in [0.2, 0.25) is 0 Å². The van der Waals surface area contributed by atoms with Crippen molar-refractivity contribution in [3.63, 3.8) is 0 Å².